The lowest BCUT2D eigenvalue weighted by Crippen LogP contribution is -2.35. The van der Waals surface area contributed by atoms with Crippen LogP contribution in [0.15, 0.2) is 36.5 Å². The molecule has 0 radical (unpaired) electrons. The van der Waals surface area contributed by atoms with Crippen molar-refractivity contribution in [1.29, 1.82) is 0 Å². The highest BCUT2D eigenvalue weighted by molar-refractivity contribution is 5.84. The topological polar surface area (TPSA) is 71.5 Å². The summed E-state index contributed by atoms with van der Waals surface area (Å²) < 4.78 is 5.76. The Bertz CT molecular complexity index is 758. The lowest BCUT2D eigenvalue weighted by Gasteiger charge is -2.20. The molecule has 2 heterocycles. The molecule has 0 spiro atoms. The second-order valence-corrected chi connectivity index (χ2v) is 6.47. The van der Waals surface area contributed by atoms with Crippen LogP contribution in [-0.4, -0.2) is 47.9 Å². The molecule has 0 unspecified atom stereocenters. The molecule has 1 fully saturated rings. The van der Waals surface area contributed by atoms with Gasteiger partial charge < -0.3 is 15.0 Å². The lowest BCUT2D eigenvalue weighted by atomic mass is 10.2. The summed E-state index contributed by atoms with van der Waals surface area (Å²) in [6, 6.07) is 9.67. The van der Waals surface area contributed by atoms with Gasteiger partial charge in [-0.2, -0.15) is 0 Å². The average molecular weight is 355 g/mol. The van der Waals surface area contributed by atoms with Crippen LogP contribution in [0.2, 0.25) is 0 Å². The number of carbonyl (C=O) groups excluding carboxylic acids is 2. The van der Waals surface area contributed by atoms with Crippen LogP contribution in [0.1, 0.15) is 32.1 Å². The fourth-order valence-corrected chi connectivity index (χ4v) is 3.14. The Balaban J connectivity index is 1.39. The highest BCUT2D eigenvalue weighted by Gasteiger charge is 2.17. The summed E-state index contributed by atoms with van der Waals surface area (Å²) in [6.45, 7) is 2.07. The molecule has 0 saturated carbocycles. The lowest BCUT2D eigenvalue weighted by molar-refractivity contribution is -0.131. The third-order valence-electron chi connectivity index (χ3n) is 4.56. The first-order valence-corrected chi connectivity index (χ1v) is 9.25. The van der Waals surface area contributed by atoms with Crippen LogP contribution in [-0.2, 0) is 9.59 Å². The molecule has 6 nitrogen and oxygen atoms in total. The van der Waals surface area contributed by atoms with Crippen LogP contribution in [0.25, 0.3) is 10.9 Å². The van der Waals surface area contributed by atoms with E-state index in [1.807, 2.05) is 35.2 Å². The number of likely N-dealkylation sites (tertiary alicyclic amines) is 1. The number of nitrogens with one attached hydrogen (secondary N) is 1. The fraction of sp³-hybridized carbons (Fsp3) is 0.450. The van der Waals surface area contributed by atoms with E-state index in [-0.39, 0.29) is 11.8 Å². The summed E-state index contributed by atoms with van der Waals surface area (Å²) in [5.41, 5.74) is 0.820. The van der Waals surface area contributed by atoms with Crippen molar-refractivity contribution >= 4 is 22.7 Å². The van der Waals surface area contributed by atoms with Crippen LogP contribution in [0.5, 0.6) is 5.75 Å². The maximum Gasteiger partial charge on any atom is 0.222 e. The van der Waals surface area contributed by atoms with Crippen molar-refractivity contribution in [2.75, 3.05) is 26.2 Å². The van der Waals surface area contributed by atoms with E-state index in [2.05, 4.69) is 10.3 Å². The molecule has 2 amide bonds. The van der Waals surface area contributed by atoms with Crippen LogP contribution >= 0.6 is 0 Å². The summed E-state index contributed by atoms with van der Waals surface area (Å²) >= 11 is 0. The minimum absolute atomic E-state index is 0.0540. The van der Waals surface area contributed by atoms with E-state index in [1.165, 1.54) is 0 Å². The zero-order valence-corrected chi connectivity index (χ0v) is 14.9. The number of aromatic nitrogens is 1. The number of hydrogen-bond acceptors (Lipinski definition) is 4. The number of rotatable bonds is 7. The first-order valence-electron chi connectivity index (χ1n) is 9.25. The van der Waals surface area contributed by atoms with Gasteiger partial charge in [0, 0.05) is 37.5 Å². The Hall–Kier alpha value is -2.63. The Kier molecular flexibility index (Phi) is 6.41. The van der Waals surface area contributed by atoms with Crippen molar-refractivity contribution in [2.24, 2.45) is 0 Å². The molecular weight excluding hydrogens is 330 g/mol. The molecule has 3 rings (SSSR count). The molecule has 1 N–H and O–H groups in total. The highest BCUT2D eigenvalue weighted by atomic mass is 16.5. The second kappa shape index (κ2) is 9.17. The average Bonchev–Trinajstić information content (AvgIpc) is 2.87. The van der Waals surface area contributed by atoms with Crippen molar-refractivity contribution in [2.45, 2.75) is 32.1 Å². The number of ether oxygens (including phenoxy) is 1. The zero-order chi connectivity index (χ0) is 18.2. The fourth-order valence-electron chi connectivity index (χ4n) is 3.14. The number of fused-ring (bicyclic) bond motifs is 1. The molecule has 1 aliphatic heterocycles. The van der Waals surface area contributed by atoms with Crippen LogP contribution in [0.3, 0.4) is 0 Å². The Morgan fingerprint density at radius 2 is 2.08 bits per heavy atom. The first-order chi connectivity index (χ1) is 12.7. The van der Waals surface area contributed by atoms with E-state index in [4.69, 9.17) is 4.74 Å². The maximum absolute atomic E-state index is 12.0. The number of pyridine rings is 1. The zero-order valence-electron chi connectivity index (χ0n) is 14.9. The van der Waals surface area contributed by atoms with E-state index in [1.54, 1.807) is 6.20 Å². The van der Waals surface area contributed by atoms with Crippen molar-refractivity contribution in [3.8, 4) is 5.75 Å². The Labute approximate surface area is 153 Å². The molecule has 1 aromatic heterocycles. The van der Waals surface area contributed by atoms with Gasteiger partial charge in [-0.15, -0.1) is 0 Å². The molecule has 0 aliphatic carbocycles. The van der Waals surface area contributed by atoms with Gasteiger partial charge in [0.05, 0.1) is 6.54 Å². The molecular formula is C20H25N3O3. The van der Waals surface area contributed by atoms with E-state index >= 15 is 0 Å². The number of hydrogen-bond donors (Lipinski definition) is 1. The van der Waals surface area contributed by atoms with Crippen LogP contribution < -0.4 is 10.1 Å². The van der Waals surface area contributed by atoms with E-state index in [0.717, 1.165) is 36.7 Å². The first kappa shape index (κ1) is 18.2. The quantitative estimate of drug-likeness (QED) is 0.775. The molecule has 6 heteroatoms. The standard InChI is InChI=1S/C20H25N3O3/c24-18(10-14-23-13-3-1-2-9-19(23)25)21-12-15-26-17-8-4-6-16-7-5-11-22-20(16)17/h4-8,11H,1-3,9-10,12-15H2,(H,21,24). The minimum atomic E-state index is -0.0540. The van der Waals surface area contributed by atoms with Crippen molar-refractivity contribution in [3.63, 3.8) is 0 Å². The van der Waals surface area contributed by atoms with E-state index in [9.17, 15) is 9.59 Å². The third-order valence-corrected chi connectivity index (χ3v) is 4.56. The number of carbonyl (C=O) groups is 2. The maximum atomic E-state index is 12.0. The summed E-state index contributed by atoms with van der Waals surface area (Å²) in [4.78, 5) is 30.1. The molecule has 1 saturated heterocycles. The van der Waals surface area contributed by atoms with E-state index in [0.29, 0.717) is 38.3 Å². The Morgan fingerprint density at radius 3 is 3.00 bits per heavy atom. The summed E-state index contributed by atoms with van der Waals surface area (Å²) in [5.74, 6) is 0.830. The van der Waals surface area contributed by atoms with Gasteiger partial charge in [0.15, 0.2) is 0 Å². The molecule has 1 aliphatic rings. The smallest absolute Gasteiger partial charge is 0.222 e. The predicted octanol–water partition coefficient (Wildman–Crippen LogP) is 2.52. The Morgan fingerprint density at radius 1 is 1.19 bits per heavy atom. The summed E-state index contributed by atoms with van der Waals surface area (Å²) in [5, 5.41) is 3.87. The van der Waals surface area contributed by atoms with Gasteiger partial charge in [-0.1, -0.05) is 24.6 Å². The van der Waals surface area contributed by atoms with E-state index < -0.39 is 0 Å². The van der Waals surface area contributed by atoms with Crippen LogP contribution in [0.4, 0.5) is 0 Å². The number of para-hydroxylation sites is 1. The van der Waals surface area contributed by atoms with Crippen molar-refractivity contribution in [1.82, 2.24) is 15.2 Å². The molecule has 26 heavy (non-hydrogen) atoms. The highest BCUT2D eigenvalue weighted by Crippen LogP contribution is 2.22. The van der Waals surface area contributed by atoms with Gasteiger partial charge in [0.1, 0.15) is 17.9 Å². The minimum Gasteiger partial charge on any atom is -0.489 e. The normalized spacial score (nSPS) is 14.9. The summed E-state index contributed by atoms with van der Waals surface area (Å²) in [7, 11) is 0. The largest absolute Gasteiger partial charge is 0.489 e. The third kappa shape index (κ3) is 4.94. The van der Waals surface area contributed by atoms with Gasteiger partial charge in [0.2, 0.25) is 11.8 Å². The second-order valence-electron chi connectivity index (χ2n) is 6.47. The molecule has 0 atom stereocenters. The van der Waals surface area contributed by atoms with Crippen LogP contribution in [0, 0.1) is 0 Å². The molecule has 2 aromatic rings. The molecule has 138 valence electrons. The number of nitrogens with zero attached hydrogens (tertiary/aromatic N) is 2. The summed E-state index contributed by atoms with van der Waals surface area (Å²) in [6.07, 6.45) is 5.76. The van der Waals surface area contributed by atoms with Gasteiger partial charge >= 0.3 is 0 Å². The van der Waals surface area contributed by atoms with Crippen molar-refractivity contribution in [3.05, 3.63) is 36.5 Å². The molecule has 1 aromatic carbocycles. The van der Waals surface area contributed by atoms with Crippen molar-refractivity contribution < 1.29 is 14.3 Å². The predicted molar refractivity (Wildman–Crippen MR) is 99.9 cm³/mol. The van der Waals surface area contributed by atoms with Gasteiger partial charge in [-0.3, -0.25) is 14.6 Å². The number of benzene rings is 1. The van der Waals surface area contributed by atoms with Gasteiger partial charge in [-0.05, 0) is 25.0 Å². The SMILES string of the molecule is O=C(CCN1CCCCCC1=O)NCCOc1cccc2cccnc12. The number of amides is 2. The molecule has 0 bridgehead atoms. The monoisotopic (exact) mass is 355 g/mol. The van der Waals surface area contributed by atoms with Gasteiger partial charge in [0.25, 0.3) is 0 Å². The van der Waals surface area contributed by atoms with Gasteiger partial charge in [-0.25, -0.2) is 0 Å².